The van der Waals surface area contributed by atoms with Gasteiger partial charge in [0.15, 0.2) is 0 Å². The van der Waals surface area contributed by atoms with Gasteiger partial charge in [-0.25, -0.2) is 4.39 Å². The first-order valence-corrected chi connectivity index (χ1v) is 8.20. The first kappa shape index (κ1) is 15.0. The average molecular weight is 322 g/mol. The molecule has 0 unspecified atom stereocenters. The summed E-state index contributed by atoms with van der Waals surface area (Å²) < 4.78 is 13.0. The van der Waals surface area contributed by atoms with E-state index >= 15 is 0 Å². The maximum Gasteiger partial charge on any atom is 0.123 e. The molecule has 24 heavy (non-hydrogen) atoms. The summed E-state index contributed by atoms with van der Waals surface area (Å²) in [5.41, 5.74) is 3.27. The molecule has 0 atom stereocenters. The number of fused-ring (bicyclic) bond motifs is 1. The van der Waals surface area contributed by atoms with Crippen molar-refractivity contribution in [2.75, 3.05) is 31.1 Å². The number of nitrogens with zero attached hydrogens (tertiary/aromatic N) is 4. The van der Waals surface area contributed by atoms with E-state index < -0.39 is 0 Å². The second-order valence-electron chi connectivity index (χ2n) is 6.12. The van der Waals surface area contributed by atoms with Crippen molar-refractivity contribution in [3.8, 4) is 0 Å². The first-order chi connectivity index (χ1) is 11.8. The van der Waals surface area contributed by atoms with E-state index in [1.165, 1.54) is 12.1 Å². The van der Waals surface area contributed by atoms with Crippen LogP contribution in [0.1, 0.15) is 5.56 Å². The summed E-state index contributed by atoms with van der Waals surface area (Å²) in [6, 6.07) is 10.8. The topological polar surface area (TPSA) is 32.3 Å². The molecule has 122 valence electrons. The van der Waals surface area contributed by atoms with Crippen molar-refractivity contribution < 1.29 is 4.39 Å². The second-order valence-corrected chi connectivity index (χ2v) is 6.12. The van der Waals surface area contributed by atoms with Crippen molar-refractivity contribution in [3.05, 3.63) is 66.4 Å². The van der Waals surface area contributed by atoms with Crippen LogP contribution in [0.3, 0.4) is 0 Å². The van der Waals surface area contributed by atoms with Crippen LogP contribution < -0.4 is 4.90 Å². The Morgan fingerprint density at radius 3 is 2.54 bits per heavy atom. The fraction of sp³-hybridized carbons (Fsp3) is 0.263. The van der Waals surface area contributed by atoms with Gasteiger partial charge in [-0.2, -0.15) is 0 Å². The van der Waals surface area contributed by atoms with E-state index in [1.54, 1.807) is 0 Å². The lowest BCUT2D eigenvalue weighted by Crippen LogP contribution is -2.46. The van der Waals surface area contributed by atoms with Gasteiger partial charge < -0.3 is 4.90 Å². The summed E-state index contributed by atoms with van der Waals surface area (Å²) in [5.74, 6) is -0.181. The van der Waals surface area contributed by atoms with Crippen LogP contribution in [0, 0.1) is 5.82 Å². The molecule has 5 heteroatoms. The Morgan fingerprint density at radius 1 is 0.958 bits per heavy atom. The molecule has 0 saturated carbocycles. The maximum atomic E-state index is 13.0. The molecule has 0 spiro atoms. The van der Waals surface area contributed by atoms with Crippen molar-refractivity contribution >= 4 is 16.6 Å². The molecule has 3 aromatic rings. The van der Waals surface area contributed by atoms with E-state index in [9.17, 15) is 4.39 Å². The summed E-state index contributed by atoms with van der Waals surface area (Å²) in [4.78, 5) is 13.6. The summed E-state index contributed by atoms with van der Waals surface area (Å²) in [7, 11) is 0. The minimum Gasteiger partial charge on any atom is -0.366 e. The Balaban J connectivity index is 1.45. The van der Waals surface area contributed by atoms with Crippen LogP contribution in [0.25, 0.3) is 10.9 Å². The zero-order chi connectivity index (χ0) is 16.4. The second kappa shape index (κ2) is 6.53. The molecule has 1 saturated heterocycles. The smallest absolute Gasteiger partial charge is 0.123 e. The van der Waals surface area contributed by atoms with Gasteiger partial charge in [0.2, 0.25) is 0 Å². The number of hydrogen-bond donors (Lipinski definition) is 0. The number of anilines is 1. The van der Waals surface area contributed by atoms with Gasteiger partial charge in [0, 0.05) is 50.5 Å². The molecular weight excluding hydrogens is 303 g/mol. The Hall–Kier alpha value is -2.53. The molecule has 4 rings (SSSR count). The molecule has 1 fully saturated rings. The third kappa shape index (κ3) is 3.08. The number of rotatable bonds is 3. The molecule has 4 nitrogen and oxygen atoms in total. The van der Waals surface area contributed by atoms with E-state index in [-0.39, 0.29) is 5.82 Å². The number of halogens is 1. The number of piperazine rings is 1. The number of aromatic nitrogens is 2. The monoisotopic (exact) mass is 322 g/mol. The SMILES string of the molecule is Fc1ccc(CN2CCN(c3cncc4cccnc34)CC2)cc1. The molecule has 2 aromatic heterocycles. The highest BCUT2D eigenvalue weighted by Gasteiger charge is 2.19. The van der Waals surface area contributed by atoms with Crippen LogP contribution in [-0.4, -0.2) is 41.0 Å². The quantitative estimate of drug-likeness (QED) is 0.742. The van der Waals surface area contributed by atoms with Crippen LogP contribution in [0.5, 0.6) is 0 Å². The van der Waals surface area contributed by atoms with Gasteiger partial charge in [-0.05, 0) is 29.8 Å². The summed E-state index contributed by atoms with van der Waals surface area (Å²) in [6.45, 7) is 4.69. The maximum absolute atomic E-state index is 13.0. The molecule has 0 bridgehead atoms. The van der Waals surface area contributed by atoms with Crippen LogP contribution >= 0.6 is 0 Å². The largest absolute Gasteiger partial charge is 0.366 e. The van der Waals surface area contributed by atoms with Gasteiger partial charge in [0.1, 0.15) is 5.82 Å². The summed E-state index contributed by atoms with van der Waals surface area (Å²) in [6.07, 6.45) is 5.60. The first-order valence-electron chi connectivity index (χ1n) is 8.20. The van der Waals surface area contributed by atoms with E-state index in [0.717, 1.165) is 54.9 Å². The molecule has 1 aliphatic rings. The van der Waals surface area contributed by atoms with Crippen LogP contribution in [0.15, 0.2) is 55.0 Å². The highest BCUT2D eigenvalue weighted by Crippen LogP contribution is 2.24. The molecule has 1 aromatic carbocycles. The number of benzene rings is 1. The zero-order valence-electron chi connectivity index (χ0n) is 13.4. The van der Waals surface area contributed by atoms with Gasteiger partial charge >= 0.3 is 0 Å². The van der Waals surface area contributed by atoms with Crippen LogP contribution in [-0.2, 0) is 6.54 Å². The Labute approximate surface area is 140 Å². The summed E-state index contributed by atoms with van der Waals surface area (Å²) in [5, 5.41) is 1.07. The molecule has 0 N–H and O–H groups in total. The van der Waals surface area contributed by atoms with Crippen molar-refractivity contribution in [2.45, 2.75) is 6.54 Å². The van der Waals surface area contributed by atoms with E-state index in [0.29, 0.717) is 0 Å². The zero-order valence-corrected chi connectivity index (χ0v) is 13.4. The van der Waals surface area contributed by atoms with Crippen molar-refractivity contribution in [2.24, 2.45) is 0 Å². The minimum atomic E-state index is -0.181. The Bertz CT molecular complexity index is 821. The molecule has 0 aliphatic carbocycles. The average Bonchev–Trinajstić information content (AvgIpc) is 2.64. The highest BCUT2D eigenvalue weighted by atomic mass is 19.1. The minimum absolute atomic E-state index is 0.181. The Morgan fingerprint density at radius 2 is 1.75 bits per heavy atom. The third-order valence-electron chi connectivity index (χ3n) is 4.52. The standard InChI is InChI=1S/C19H19FN4/c20-17-5-3-15(4-6-17)14-23-8-10-24(11-9-23)18-13-21-12-16-2-1-7-22-19(16)18/h1-7,12-13H,8-11,14H2. The predicted octanol–water partition coefficient (Wildman–Crippen LogP) is 3.09. The van der Waals surface area contributed by atoms with Gasteiger partial charge in [-0.15, -0.1) is 0 Å². The molecular formula is C19H19FN4. The van der Waals surface area contributed by atoms with E-state index in [4.69, 9.17) is 0 Å². The van der Waals surface area contributed by atoms with Gasteiger partial charge in [-0.3, -0.25) is 14.9 Å². The number of pyridine rings is 2. The van der Waals surface area contributed by atoms with Crippen molar-refractivity contribution in [3.63, 3.8) is 0 Å². The Kier molecular flexibility index (Phi) is 4.09. The van der Waals surface area contributed by atoms with Crippen LogP contribution in [0.4, 0.5) is 10.1 Å². The molecule has 0 amide bonds. The molecule has 0 radical (unpaired) electrons. The lowest BCUT2D eigenvalue weighted by Gasteiger charge is -2.36. The predicted molar refractivity (Wildman–Crippen MR) is 93.4 cm³/mol. The highest BCUT2D eigenvalue weighted by molar-refractivity contribution is 5.89. The third-order valence-corrected chi connectivity index (χ3v) is 4.52. The van der Waals surface area contributed by atoms with Gasteiger partial charge in [0.25, 0.3) is 0 Å². The van der Waals surface area contributed by atoms with Gasteiger partial charge in [0.05, 0.1) is 17.4 Å². The van der Waals surface area contributed by atoms with Gasteiger partial charge in [-0.1, -0.05) is 12.1 Å². The van der Waals surface area contributed by atoms with E-state index in [1.807, 2.05) is 42.9 Å². The summed E-state index contributed by atoms with van der Waals surface area (Å²) >= 11 is 0. The lowest BCUT2D eigenvalue weighted by atomic mass is 10.2. The molecule has 1 aliphatic heterocycles. The molecule has 3 heterocycles. The number of hydrogen-bond acceptors (Lipinski definition) is 4. The van der Waals surface area contributed by atoms with Crippen molar-refractivity contribution in [1.82, 2.24) is 14.9 Å². The normalized spacial score (nSPS) is 15.8. The fourth-order valence-electron chi connectivity index (χ4n) is 3.21. The van der Waals surface area contributed by atoms with Crippen molar-refractivity contribution in [1.29, 1.82) is 0 Å². The van der Waals surface area contributed by atoms with Crippen LogP contribution in [0.2, 0.25) is 0 Å². The van der Waals surface area contributed by atoms with E-state index in [2.05, 4.69) is 19.8 Å². The lowest BCUT2D eigenvalue weighted by molar-refractivity contribution is 0.250. The fourth-order valence-corrected chi connectivity index (χ4v) is 3.21.